The van der Waals surface area contributed by atoms with Crippen LogP contribution in [0.3, 0.4) is 0 Å². The van der Waals surface area contributed by atoms with Crippen molar-refractivity contribution in [3.63, 3.8) is 0 Å². The maximum atomic E-state index is 12.3. The number of carbonyl (C=O) groups excluding carboxylic acids is 1. The lowest BCUT2D eigenvalue weighted by Gasteiger charge is -2.26. The van der Waals surface area contributed by atoms with E-state index in [2.05, 4.69) is 20.2 Å². The van der Waals surface area contributed by atoms with Gasteiger partial charge in [-0.2, -0.15) is 0 Å². The van der Waals surface area contributed by atoms with E-state index in [4.69, 9.17) is 0 Å². The molecule has 2 heterocycles. The van der Waals surface area contributed by atoms with E-state index in [1.165, 1.54) is 38.5 Å². The topological polar surface area (TPSA) is 58.1 Å². The second kappa shape index (κ2) is 7.18. The molecule has 1 aromatic rings. The molecule has 1 amide bonds. The van der Waals surface area contributed by atoms with Crippen LogP contribution in [0.5, 0.6) is 0 Å². The molecule has 5 heteroatoms. The Hall–Kier alpha value is -1.49. The lowest BCUT2D eigenvalue weighted by Crippen LogP contribution is -2.40. The predicted octanol–water partition coefficient (Wildman–Crippen LogP) is 2.31. The summed E-state index contributed by atoms with van der Waals surface area (Å²) in [6, 6.07) is 2.66. The smallest absolute Gasteiger partial charge is 0.270 e. The quantitative estimate of drug-likeness (QED) is 0.871. The first-order valence-corrected chi connectivity index (χ1v) is 8.57. The molecule has 3 rings (SSSR count). The van der Waals surface area contributed by atoms with Gasteiger partial charge in [0.1, 0.15) is 11.5 Å². The van der Waals surface area contributed by atoms with Crippen molar-refractivity contribution in [1.29, 1.82) is 0 Å². The van der Waals surface area contributed by atoms with Gasteiger partial charge in [-0.1, -0.05) is 25.7 Å². The van der Waals surface area contributed by atoms with Crippen molar-refractivity contribution in [2.45, 2.75) is 64.0 Å². The molecular weight excluding hydrogens is 276 g/mol. The molecule has 0 aromatic carbocycles. The predicted molar refractivity (Wildman–Crippen MR) is 85.7 cm³/mol. The van der Waals surface area contributed by atoms with Gasteiger partial charge in [0.05, 0.1) is 0 Å². The Morgan fingerprint density at radius 3 is 2.73 bits per heavy atom. The summed E-state index contributed by atoms with van der Waals surface area (Å²) < 4.78 is 0. The Morgan fingerprint density at radius 2 is 2.00 bits per heavy atom. The second-order valence-corrected chi connectivity index (χ2v) is 6.59. The summed E-state index contributed by atoms with van der Waals surface area (Å²) in [4.78, 5) is 23.1. The van der Waals surface area contributed by atoms with Crippen LogP contribution in [0.1, 0.15) is 61.3 Å². The third kappa shape index (κ3) is 3.83. The molecule has 120 valence electrons. The molecule has 1 N–H and O–H groups in total. The number of hydrogen-bond acceptors (Lipinski definition) is 4. The maximum absolute atomic E-state index is 12.3. The standard InChI is InChI=1S/C17H26N4O/c1-13-18-10-8-16(19-13)17(22)20-14-9-11-21(12-14)15-6-4-2-3-5-7-15/h8,10,14-15H,2-7,9,11-12H2,1H3,(H,20,22). The van der Waals surface area contributed by atoms with E-state index in [0.717, 1.165) is 25.6 Å². The van der Waals surface area contributed by atoms with Gasteiger partial charge < -0.3 is 5.32 Å². The Balaban J connectivity index is 1.53. The molecule has 1 atom stereocenters. The van der Waals surface area contributed by atoms with Gasteiger partial charge in [-0.25, -0.2) is 9.97 Å². The number of aromatic nitrogens is 2. The number of likely N-dealkylation sites (tertiary alicyclic amines) is 1. The van der Waals surface area contributed by atoms with E-state index in [0.29, 0.717) is 11.5 Å². The lowest BCUT2D eigenvalue weighted by atomic mass is 10.1. The van der Waals surface area contributed by atoms with Crippen LogP contribution in [-0.2, 0) is 0 Å². The SMILES string of the molecule is Cc1nccc(C(=O)NC2CCN(C3CCCCCC3)C2)n1. The number of amides is 1. The first-order chi connectivity index (χ1) is 10.7. The largest absolute Gasteiger partial charge is 0.347 e. The van der Waals surface area contributed by atoms with Crippen molar-refractivity contribution in [2.24, 2.45) is 0 Å². The minimum Gasteiger partial charge on any atom is -0.347 e. The number of rotatable bonds is 3. The highest BCUT2D eigenvalue weighted by atomic mass is 16.2. The van der Waals surface area contributed by atoms with Crippen molar-refractivity contribution in [2.75, 3.05) is 13.1 Å². The van der Waals surface area contributed by atoms with Crippen molar-refractivity contribution >= 4 is 5.91 Å². The third-order valence-electron chi connectivity index (χ3n) is 4.90. The number of hydrogen-bond donors (Lipinski definition) is 1. The first-order valence-electron chi connectivity index (χ1n) is 8.57. The highest BCUT2D eigenvalue weighted by molar-refractivity contribution is 5.92. The van der Waals surface area contributed by atoms with Gasteiger partial charge in [0.25, 0.3) is 5.91 Å². The van der Waals surface area contributed by atoms with E-state index < -0.39 is 0 Å². The molecule has 22 heavy (non-hydrogen) atoms. The van der Waals surface area contributed by atoms with Gasteiger partial charge in [-0.3, -0.25) is 9.69 Å². The molecule has 1 aliphatic carbocycles. The fourth-order valence-electron chi connectivity index (χ4n) is 3.70. The van der Waals surface area contributed by atoms with E-state index >= 15 is 0 Å². The molecule has 0 radical (unpaired) electrons. The van der Waals surface area contributed by atoms with Gasteiger partial charge in [0.2, 0.25) is 0 Å². The van der Waals surface area contributed by atoms with Crippen LogP contribution in [0.15, 0.2) is 12.3 Å². The molecule has 0 spiro atoms. The van der Waals surface area contributed by atoms with Crippen LogP contribution in [0.25, 0.3) is 0 Å². The van der Waals surface area contributed by atoms with Crippen LogP contribution in [0.2, 0.25) is 0 Å². The van der Waals surface area contributed by atoms with Gasteiger partial charge in [-0.15, -0.1) is 0 Å². The van der Waals surface area contributed by atoms with Crippen LogP contribution in [0.4, 0.5) is 0 Å². The van der Waals surface area contributed by atoms with E-state index in [-0.39, 0.29) is 11.9 Å². The van der Waals surface area contributed by atoms with E-state index in [1.807, 2.05) is 0 Å². The summed E-state index contributed by atoms with van der Waals surface area (Å²) in [5, 5.41) is 3.14. The van der Waals surface area contributed by atoms with Gasteiger partial charge in [-0.05, 0) is 32.3 Å². The maximum Gasteiger partial charge on any atom is 0.270 e. The average Bonchev–Trinajstić information content (AvgIpc) is 2.81. The van der Waals surface area contributed by atoms with Gasteiger partial charge in [0, 0.05) is 31.4 Å². The molecule has 1 saturated heterocycles. The van der Waals surface area contributed by atoms with Crippen LogP contribution in [-0.4, -0.2) is 45.9 Å². The Morgan fingerprint density at radius 1 is 1.23 bits per heavy atom. The first kappa shape index (κ1) is 15.4. The summed E-state index contributed by atoms with van der Waals surface area (Å²) in [5.74, 6) is 0.567. The molecule has 1 aromatic heterocycles. The molecule has 0 bridgehead atoms. The second-order valence-electron chi connectivity index (χ2n) is 6.59. The Bertz CT molecular complexity index is 511. The van der Waals surface area contributed by atoms with Crippen molar-refractivity contribution < 1.29 is 4.79 Å². The zero-order chi connectivity index (χ0) is 15.4. The Labute approximate surface area is 132 Å². The van der Waals surface area contributed by atoms with Crippen LogP contribution >= 0.6 is 0 Å². The highest BCUT2D eigenvalue weighted by Gasteiger charge is 2.29. The summed E-state index contributed by atoms with van der Waals surface area (Å²) in [6.07, 6.45) is 10.8. The van der Waals surface area contributed by atoms with E-state index in [9.17, 15) is 4.79 Å². The summed E-state index contributed by atoms with van der Waals surface area (Å²) in [7, 11) is 0. The highest BCUT2D eigenvalue weighted by Crippen LogP contribution is 2.25. The molecule has 5 nitrogen and oxygen atoms in total. The lowest BCUT2D eigenvalue weighted by molar-refractivity contribution is 0.0930. The molecule has 2 fully saturated rings. The summed E-state index contributed by atoms with van der Waals surface area (Å²) in [6.45, 7) is 3.90. The van der Waals surface area contributed by atoms with Crippen LogP contribution in [0, 0.1) is 6.92 Å². The molecule has 1 unspecified atom stereocenters. The molecular formula is C17H26N4O. The Kier molecular flexibility index (Phi) is 5.03. The fraction of sp³-hybridized carbons (Fsp3) is 0.706. The van der Waals surface area contributed by atoms with Gasteiger partial charge in [0.15, 0.2) is 0 Å². The monoisotopic (exact) mass is 302 g/mol. The molecule has 2 aliphatic rings. The number of aryl methyl sites for hydroxylation is 1. The van der Waals surface area contributed by atoms with Crippen molar-refractivity contribution in [3.8, 4) is 0 Å². The normalized spacial score (nSPS) is 24.1. The zero-order valence-corrected chi connectivity index (χ0v) is 13.4. The third-order valence-corrected chi connectivity index (χ3v) is 4.90. The fourth-order valence-corrected chi connectivity index (χ4v) is 3.70. The average molecular weight is 302 g/mol. The zero-order valence-electron chi connectivity index (χ0n) is 13.4. The summed E-state index contributed by atoms with van der Waals surface area (Å²) in [5.41, 5.74) is 0.473. The van der Waals surface area contributed by atoms with Crippen LogP contribution < -0.4 is 5.32 Å². The van der Waals surface area contributed by atoms with Crippen molar-refractivity contribution in [3.05, 3.63) is 23.8 Å². The van der Waals surface area contributed by atoms with E-state index in [1.54, 1.807) is 19.2 Å². The number of carbonyl (C=O) groups is 1. The number of nitrogens with zero attached hydrogens (tertiary/aromatic N) is 3. The molecule has 1 saturated carbocycles. The minimum atomic E-state index is -0.0711. The van der Waals surface area contributed by atoms with Gasteiger partial charge >= 0.3 is 0 Å². The summed E-state index contributed by atoms with van der Waals surface area (Å²) >= 11 is 0. The molecule has 1 aliphatic heterocycles. The minimum absolute atomic E-state index is 0.0711. The number of nitrogens with one attached hydrogen (secondary N) is 1. The van der Waals surface area contributed by atoms with Crippen molar-refractivity contribution in [1.82, 2.24) is 20.2 Å².